The van der Waals surface area contributed by atoms with Crippen LogP contribution in [-0.2, 0) is 0 Å². The largest absolute Gasteiger partial charge is 0.478 e. The highest BCUT2D eigenvalue weighted by molar-refractivity contribution is 5.96. The van der Waals surface area contributed by atoms with Crippen LogP contribution < -0.4 is 0 Å². The SMILES string of the molecule is Cc1[nH]c2ccccc2c1-c1ccc(C(=O)O)cn1. The molecular formula is C15H12N2O2. The molecule has 4 heteroatoms. The van der Waals surface area contributed by atoms with Gasteiger partial charge in [-0.25, -0.2) is 4.79 Å². The molecule has 0 aliphatic rings. The van der Waals surface area contributed by atoms with E-state index in [1.165, 1.54) is 6.20 Å². The average Bonchev–Trinajstić information content (AvgIpc) is 2.74. The molecule has 2 N–H and O–H groups in total. The van der Waals surface area contributed by atoms with Crippen LogP contribution in [-0.4, -0.2) is 21.0 Å². The molecule has 0 spiro atoms. The zero-order valence-corrected chi connectivity index (χ0v) is 10.3. The van der Waals surface area contributed by atoms with Crippen LogP contribution in [0.3, 0.4) is 0 Å². The highest BCUT2D eigenvalue weighted by Crippen LogP contribution is 2.30. The van der Waals surface area contributed by atoms with Crippen molar-refractivity contribution in [3.8, 4) is 11.3 Å². The molecule has 4 nitrogen and oxygen atoms in total. The minimum absolute atomic E-state index is 0.196. The Hall–Kier alpha value is -2.62. The molecule has 0 saturated carbocycles. The van der Waals surface area contributed by atoms with E-state index in [9.17, 15) is 4.79 Å². The molecule has 2 heterocycles. The van der Waals surface area contributed by atoms with Crippen LogP contribution in [0.4, 0.5) is 0 Å². The van der Waals surface area contributed by atoms with Crippen LogP contribution in [0.5, 0.6) is 0 Å². The number of carboxylic acids is 1. The number of nitrogens with one attached hydrogen (secondary N) is 1. The van der Waals surface area contributed by atoms with Crippen molar-refractivity contribution in [2.24, 2.45) is 0 Å². The number of fused-ring (bicyclic) bond motifs is 1. The molecule has 0 aliphatic heterocycles. The number of aromatic carboxylic acids is 1. The van der Waals surface area contributed by atoms with Gasteiger partial charge in [0.05, 0.1) is 11.3 Å². The van der Waals surface area contributed by atoms with Gasteiger partial charge in [-0.1, -0.05) is 18.2 Å². The van der Waals surface area contributed by atoms with Crippen LogP contribution in [0.1, 0.15) is 16.1 Å². The summed E-state index contributed by atoms with van der Waals surface area (Å²) in [6, 6.07) is 11.3. The molecule has 0 bridgehead atoms. The minimum atomic E-state index is -0.963. The van der Waals surface area contributed by atoms with Crippen molar-refractivity contribution in [2.75, 3.05) is 0 Å². The van der Waals surface area contributed by atoms with Crippen molar-refractivity contribution < 1.29 is 9.90 Å². The first-order chi connectivity index (χ1) is 9.16. The maximum atomic E-state index is 10.8. The first kappa shape index (κ1) is 11.5. The number of H-pyrrole nitrogens is 1. The summed E-state index contributed by atoms with van der Waals surface area (Å²) >= 11 is 0. The van der Waals surface area contributed by atoms with E-state index in [1.54, 1.807) is 12.1 Å². The number of carbonyl (C=O) groups is 1. The maximum Gasteiger partial charge on any atom is 0.337 e. The lowest BCUT2D eigenvalue weighted by Gasteiger charge is -2.01. The fourth-order valence-electron chi connectivity index (χ4n) is 2.27. The quantitative estimate of drug-likeness (QED) is 0.735. The lowest BCUT2D eigenvalue weighted by Crippen LogP contribution is -1.97. The van der Waals surface area contributed by atoms with Gasteiger partial charge < -0.3 is 10.1 Å². The standard InChI is InChI=1S/C15H12N2O2/c1-9-14(11-4-2-3-5-12(11)17-9)13-7-6-10(8-16-13)15(18)19/h2-8,17H,1H3,(H,18,19). The summed E-state index contributed by atoms with van der Waals surface area (Å²) in [5.74, 6) is -0.963. The molecule has 0 atom stereocenters. The van der Waals surface area contributed by atoms with Gasteiger partial charge in [0.1, 0.15) is 0 Å². The van der Waals surface area contributed by atoms with Gasteiger partial charge in [0.2, 0.25) is 0 Å². The topological polar surface area (TPSA) is 66.0 Å². The van der Waals surface area contributed by atoms with Crippen molar-refractivity contribution >= 4 is 16.9 Å². The fraction of sp³-hybridized carbons (Fsp3) is 0.0667. The van der Waals surface area contributed by atoms with E-state index in [4.69, 9.17) is 5.11 Å². The van der Waals surface area contributed by atoms with Gasteiger partial charge in [-0.15, -0.1) is 0 Å². The smallest absolute Gasteiger partial charge is 0.337 e. The van der Waals surface area contributed by atoms with Gasteiger partial charge in [-0.3, -0.25) is 4.98 Å². The predicted molar refractivity (Wildman–Crippen MR) is 73.2 cm³/mol. The van der Waals surface area contributed by atoms with E-state index in [1.807, 2.05) is 31.2 Å². The second-order valence-electron chi connectivity index (χ2n) is 4.41. The number of hydrogen-bond donors (Lipinski definition) is 2. The Morgan fingerprint density at radius 2 is 2.00 bits per heavy atom. The van der Waals surface area contributed by atoms with Gasteiger partial charge in [0.25, 0.3) is 0 Å². The highest BCUT2D eigenvalue weighted by Gasteiger charge is 2.12. The Kier molecular flexibility index (Phi) is 2.56. The Morgan fingerprint density at radius 1 is 1.21 bits per heavy atom. The molecule has 2 aromatic heterocycles. The van der Waals surface area contributed by atoms with E-state index < -0.39 is 5.97 Å². The first-order valence-electron chi connectivity index (χ1n) is 5.94. The van der Waals surface area contributed by atoms with Gasteiger partial charge >= 0.3 is 5.97 Å². The molecule has 0 radical (unpaired) electrons. The fourth-order valence-corrected chi connectivity index (χ4v) is 2.27. The number of para-hydroxylation sites is 1. The average molecular weight is 252 g/mol. The lowest BCUT2D eigenvalue weighted by molar-refractivity contribution is 0.0696. The van der Waals surface area contributed by atoms with Gasteiger partial charge in [-0.05, 0) is 25.1 Å². The number of nitrogens with zero attached hydrogens (tertiary/aromatic N) is 1. The van der Waals surface area contributed by atoms with E-state index in [0.29, 0.717) is 0 Å². The lowest BCUT2D eigenvalue weighted by atomic mass is 10.1. The molecule has 19 heavy (non-hydrogen) atoms. The molecule has 1 aromatic carbocycles. The minimum Gasteiger partial charge on any atom is -0.478 e. The predicted octanol–water partition coefficient (Wildman–Crippen LogP) is 3.24. The zero-order chi connectivity index (χ0) is 13.4. The van der Waals surface area contributed by atoms with Crippen molar-refractivity contribution in [2.45, 2.75) is 6.92 Å². The van der Waals surface area contributed by atoms with Crippen LogP contribution in [0, 0.1) is 6.92 Å². The molecular weight excluding hydrogens is 240 g/mol. The molecule has 0 fully saturated rings. The third-order valence-corrected chi connectivity index (χ3v) is 3.16. The van der Waals surface area contributed by atoms with E-state index in [2.05, 4.69) is 9.97 Å². The molecule has 0 aliphatic carbocycles. The van der Waals surface area contributed by atoms with Crippen LogP contribution in [0.2, 0.25) is 0 Å². The normalized spacial score (nSPS) is 10.8. The van der Waals surface area contributed by atoms with Gasteiger partial charge in [-0.2, -0.15) is 0 Å². The number of aromatic nitrogens is 2. The van der Waals surface area contributed by atoms with E-state index in [-0.39, 0.29) is 5.56 Å². The monoisotopic (exact) mass is 252 g/mol. The number of pyridine rings is 1. The Balaban J connectivity index is 2.18. The molecule has 3 aromatic rings. The van der Waals surface area contributed by atoms with Gasteiger partial charge in [0.15, 0.2) is 0 Å². The van der Waals surface area contributed by atoms with Crippen molar-refractivity contribution in [3.63, 3.8) is 0 Å². The van der Waals surface area contributed by atoms with E-state index >= 15 is 0 Å². The Bertz CT molecular complexity index is 757. The van der Waals surface area contributed by atoms with Crippen molar-refractivity contribution in [3.05, 3.63) is 53.9 Å². The van der Waals surface area contributed by atoms with Crippen molar-refractivity contribution in [1.29, 1.82) is 0 Å². The molecule has 94 valence electrons. The van der Waals surface area contributed by atoms with Gasteiger partial charge in [0, 0.05) is 28.4 Å². The first-order valence-corrected chi connectivity index (χ1v) is 5.94. The Labute approximate surface area is 109 Å². The van der Waals surface area contributed by atoms with Crippen LogP contribution >= 0.6 is 0 Å². The number of carboxylic acid groups (broad SMARTS) is 1. The molecule has 0 unspecified atom stereocenters. The summed E-state index contributed by atoms with van der Waals surface area (Å²) in [6.07, 6.45) is 1.39. The third kappa shape index (κ3) is 1.87. The second-order valence-corrected chi connectivity index (χ2v) is 4.41. The molecule has 0 saturated heterocycles. The highest BCUT2D eigenvalue weighted by atomic mass is 16.4. The third-order valence-electron chi connectivity index (χ3n) is 3.16. The van der Waals surface area contributed by atoms with Crippen LogP contribution in [0.25, 0.3) is 22.2 Å². The summed E-state index contributed by atoms with van der Waals surface area (Å²) in [6.45, 7) is 1.99. The number of aryl methyl sites for hydroxylation is 1. The van der Waals surface area contributed by atoms with E-state index in [0.717, 1.165) is 27.9 Å². The molecule has 3 rings (SSSR count). The summed E-state index contributed by atoms with van der Waals surface area (Å²) in [7, 11) is 0. The number of rotatable bonds is 2. The maximum absolute atomic E-state index is 10.8. The Morgan fingerprint density at radius 3 is 2.68 bits per heavy atom. The number of benzene rings is 1. The number of hydrogen-bond acceptors (Lipinski definition) is 2. The summed E-state index contributed by atoms with van der Waals surface area (Å²) in [5.41, 5.74) is 4.07. The summed E-state index contributed by atoms with van der Waals surface area (Å²) in [4.78, 5) is 18.4. The second kappa shape index (κ2) is 4.24. The summed E-state index contributed by atoms with van der Waals surface area (Å²) < 4.78 is 0. The number of aromatic amines is 1. The molecule has 0 amide bonds. The zero-order valence-electron chi connectivity index (χ0n) is 10.3. The van der Waals surface area contributed by atoms with Crippen LogP contribution in [0.15, 0.2) is 42.6 Å². The summed E-state index contributed by atoms with van der Waals surface area (Å²) in [5, 5.41) is 9.98. The van der Waals surface area contributed by atoms with Crippen molar-refractivity contribution in [1.82, 2.24) is 9.97 Å².